The van der Waals surface area contributed by atoms with Gasteiger partial charge in [0.2, 0.25) is 0 Å². The zero-order valence-corrected chi connectivity index (χ0v) is 16.4. The lowest BCUT2D eigenvalue weighted by molar-refractivity contribution is -0.140. The first-order chi connectivity index (χ1) is 14.5. The van der Waals surface area contributed by atoms with Crippen molar-refractivity contribution in [2.75, 3.05) is 0 Å². The summed E-state index contributed by atoms with van der Waals surface area (Å²) < 4.78 is 13.3. The van der Waals surface area contributed by atoms with Gasteiger partial charge in [0.15, 0.2) is 0 Å². The lowest BCUT2D eigenvalue weighted by Gasteiger charge is -2.25. The number of nitrogens with zero attached hydrogens (tertiary/aromatic N) is 2. The van der Waals surface area contributed by atoms with Crippen molar-refractivity contribution in [3.63, 3.8) is 0 Å². The Balaban J connectivity index is 1.85. The van der Waals surface area contributed by atoms with Crippen LogP contribution in [0.15, 0.2) is 78.6 Å². The van der Waals surface area contributed by atoms with Crippen LogP contribution in [0.1, 0.15) is 22.7 Å². The van der Waals surface area contributed by atoms with E-state index in [1.54, 1.807) is 48.8 Å². The summed E-state index contributed by atoms with van der Waals surface area (Å²) in [5.74, 6) is -2.37. The van der Waals surface area contributed by atoms with E-state index in [4.69, 9.17) is 11.6 Å². The second kappa shape index (κ2) is 8.08. The molecule has 1 aliphatic heterocycles. The third-order valence-corrected chi connectivity index (χ3v) is 5.17. The summed E-state index contributed by atoms with van der Waals surface area (Å²) in [4.78, 5) is 31.2. The van der Waals surface area contributed by atoms with Crippen molar-refractivity contribution in [1.29, 1.82) is 0 Å². The predicted molar refractivity (Wildman–Crippen MR) is 110 cm³/mol. The normalized spacial score (nSPS) is 18.1. The summed E-state index contributed by atoms with van der Waals surface area (Å²) >= 11 is 6.00. The van der Waals surface area contributed by atoms with Gasteiger partial charge in [-0.05, 0) is 53.6 Å². The second-order valence-corrected chi connectivity index (χ2v) is 7.28. The average molecular weight is 423 g/mol. The van der Waals surface area contributed by atoms with Crippen LogP contribution in [0.4, 0.5) is 4.39 Å². The molecule has 0 aliphatic carbocycles. The third-order valence-electron chi connectivity index (χ3n) is 4.92. The number of hydrogen-bond acceptors (Lipinski definition) is 4. The monoisotopic (exact) mass is 422 g/mol. The number of aromatic nitrogens is 1. The Bertz CT molecular complexity index is 1130. The first-order valence-electron chi connectivity index (χ1n) is 9.14. The summed E-state index contributed by atoms with van der Waals surface area (Å²) in [6, 6.07) is 14.5. The standard InChI is InChI=1S/C23H16ClFN2O3/c24-17-7-3-15(4-8-17)20-19(21(28)16-5-9-18(25)10-6-16)22(29)23(30)27(20)13-14-2-1-11-26-12-14/h1-12,20,28H,13H2/b21-19+/t20-/m0/s1. The van der Waals surface area contributed by atoms with Crippen molar-refractivity contribution in [1.82, 2.24) is 9.88 Å². The molecule has 3 aromatic rings. The quantitative estimate of drug-likeness (QED) is 0.382. The molecule has 30 heavy (non-hydrogen) atoms. The number of halogens is 2. The molecule has 1 aliphatic rings. The number of benzene rings is 2. The minimum absolute atomic E-state index is 0.0576. The Kier molecular flexibility index (Phi) is 5.33. The minimum Gasteiger partial charge on any atom is -0.507 e. The maximum Gasteiger partial charge on any atom is 0.295 e. The smallest absolute Gasteiger partial charge is 0.295 e. The van der Waals surface area contributed by atoms with Gasteiger partial charge >= 0.3 is 0 Å². The fourth-order valence-corrected chi connectivity index (χ4v) is 3.61. The molecule has 0 saturated carbocycles. The lowest BCUT2D eigenvalue weighted by Crippen LogP contribution is -2.29. The highest BCUT2D eigenvalue weighted by atomic mass is 35.5. The number of rotatable bonds is 4. The van der Waals surface area contributed by atoms with Gasteiger partial charge in [-0.1, -0.05) is 29.8 Å². The van der Waals surface area contributed by atoms with Crippen LogP contribution in [0, 0.1) is 5.82 Å². The van der Waals surface area contributed by atoms with Gasteiger partial charge in [0.25, 0.3) is 11.7 Å². The predicted octanol–water partition coefficient (Wildman–Crippen LogP) is 4.50. The van der Waals surface area contributed by atoms with Crippen LogP contribution in [-0.2, 0) is 16.1 Å². The molecule has 2 aromatic carbocycles. The van der Waals surface area contributed by atoms with Gasteiger partial charge in [-0.2, -0.15) is 0 Å². The number of pyridine rings is 1. The Morgan fingerprint density at radius 3 is 2.40 bits per heavy atom. The molecule has 7 heteroatoms. The lowest BCUT2D eigenvalue weighted by atomic mass is 9.95. The topological polar surface area (TPSA) is 70.5 Å². The van der Waals surface area contributed by atoms with Gasteiger partial charge in [-0.15, -0.1) is 0 Å². The van der Waals surface area contributed by atoms with E-state index < -0.39 is 23.5 Å². The SMILES string of the molecule is O=C1C(=O)N(Cc2cccnc2)[C@@H](c2ccc(Cl)cc2)/C1=C(\O)c1ccc(F)cc1. The van der Waals surface area contributed by atoms with Crippen LogP contribution in [-0.4, -0.2) is 26.7 Å². The number of aliphatic hydroxyl groups excluding tert-OH is 1. The second-order valence-electron chi connectivity index (χ2n) is 6.85. The average Bonchev–Trinajstić information content (AvgIpc) is 3.00. The zero-order chi connectivity index (χ0) is 21.3. The molecular formula is C23H16ClFN2O3. The van der Waals surface area contributed by atoms with Crippen molar-refractivity contribution in [3.8, 4) is 0 Å². The molecule has 150 valence electrons. The number of hydrogen-bond donors (Lipinski definition) is 1. The summed E-state index contributed by atoms with van der Waals surface area (Å²) in [7, 11) is 0. The molecule has 0 spiro atoms. The number of ketones is 1. The molecule has 1 aromatic heterocycles. The Labute approximate surface area is 177 Å². The molecule has 1 amide bonds. The van der Waals surface area contributed by atoms with Crippen LogP contribution in [0.25, 0.3) is 5.76 Å². The van der Waals surface area contributed by atoms with Crippen molar-refractivity contribution in [3.05, 3.63) is 106 Å². The fraction of sp³-hybridized carbons (Fsp3) is 0.0870. The molecule has 1 atom stereocenters. The molecule has 0 unspecified atom stereocenters. The molecule has 1 saturated heterocycles. The molecule has 2 heterocycles. The highest BCUT2D eigenvalue weighted by molar-refractivity contribution is 6.46. The van der Waals surface area contributed by atoms with Crippen molar-refractivity contribution in [2.45, 2.75) is 12.6 Å². The van der Waals surface area contributed by atoms with E-state index in [1.165, 1.54) is 29.2 Å². The van der Waals surface area contributed by atoms with Gasteiger partial charge in [-0.3, -0.25) is 14.6 Å². The molecule has 0 radical (unpaired) electrons. The molecular weight excluding hydrogens is 407 g/mol. The fourth-order valence-electron chi connectivity index (χ4n) is 3.49. The van der Waals surface area contributed by atoms with Crippen LogP contribution < -0.4 is 0 Å². The van der Waals surface area contributed by atoms with Crippen molar-refractivity contribution >= 4 is 29.1 Å². The highest BCUT2D eigenvalue weighted by Crippen LogP contribution is 2.40. The Hall–Kier alpha value is -3.51. The van der Waals surface area contributed by atoms with Crippen LogP contribution >= 0.6 is 11.6 Å². The maximum absolute atomic E-state index is 13.3. The summed E-state index contributed by atoms with van der Waals surface area (Å²) in [5.41, 5.74) is 1.54. The molecule has 5 nitrogen and oxygen atoms in total. The van der Waals surface area contributed by atoms with Crippen LogP contribution in [0.3, 0.4) is 0 Å². The van der Waals surface area contributed by atoms with E-state index in [-0.39, 0.29) is 23.4 Å². The molecule has 1 fully saturated rings. The molecule has 0 bridgehead atoms. The first-order valence-corrected chi connectivity index (χ1v) is 9.52. The van der Waals surface area contributed by atoms with Crippen molar-refractivity contribution in [2.24, 2.45) is 0 Å². The minimum atomic E-state index is -0.826. The molecule has 1 N–H and O–H groups in total. The summed E-state index contributed by atoms with van der Waals surface area (Å²) in [5, 5.41) is 11.4. The van der Waals surface area contributed by atoms with Crippen molar-refractivity contribution < 1.29 is 19.1 Å². The number of amides is 1. The zero-order valence-electron chi connectivity index (χ0n) is 15.6. The van der Waals surface area contributed by atoms with E-state index in [0.717, 1.165) is 5.56 Å². The number of carbonyl (C=O) groups is 2. The Morgan fingerprint density at radius 2 is 1.77 bits per heavy atom. The van der Waals surface area contributed by atoms with Crippen LogP contribution in [0.2, 0.25) is 5.02 Å². The van der Waals surface area contributed by atoms with Gasteiger partial charge < -0.3 is 10.0 Å². The van der Waals surface area contributed by atoms with E-state index in [2.05, 4.69) is 4.98 Å². The highest BCUT2D eigenvalue weighted by Gasteiger charge is 2.46. The molecule has 4 rings (SSSR count). The largest absolute Gasteiger partial charge is 0.507 e. The van der Waals surface area contributed by atoms with E-state index in [9.17, 15) is 19.1 Å². The number of likely N-dealkylation sites (tertiary alicyclic amines) is 1. The van der Waals surface area contributed by atoms with Gasteiger partial charge in [-0.25, -0.2) is 4.39 Å². The third kappa shape index (κ3) is 3.69. The van der Waals surface area contributed by atoms with E-state index >= 15 is 0 Å². The maximum atomic E-state index is 13.3. The summed E-state index contributed by atoms with van der Waals surface area (Å²) in [6.45, 7) is 0.131. The van der Waals surface area contributed by atoms with Gasteiger partial charge in [0.1, 0.15) is 11.6 Å². The number of Topliss-reactive ketones (excluding diaryl/α,β-unsaturated/α-hetero) is 1. The number of aliphatic hydroxyl groups is 1. The van der Waals surface area contributed by atoms with Gasteiger partial charge in [0.05, 0.1) is 11.6 Å². The van der Waals surface area contributed by atoms with E-state index in [0.29, 0.717) is 10.6 Å². The van der Waals surface area contributed by atoms with E-state index in [1.807, 2.05) is 0 Å². The van der Waals surface area contributed by atoms with Gasteiger partial charge in [0, 0.05) is 29.5 Å². The van der Waals surface area contributed by atoms with Crippen LogP contribution in [0.5, 0.6) is 0 Å². The number of carbonyl (C=O) groups excluding carboxylic acids is 2. The summed E-state index contributed by atoms with van der Waals surface area (Å²) in [6.07, 6.45) is 3.22. The Morgan fingerprint density at radius 1 is 1.07 bits per heavy atom. The first kappa shape index (κ1) is 19.8.